The SMILES string of the molecule is CCC(C)Cl.N. The highest BCUT2D eigenvalue weighted by molar-refractivity contribution is 6.20. The molecule has 0 aliphatic rings. The lowest BCUT2D eigenvalue weighted by atomic mass is 10.4. The normalized spacial score (nSPS) is 12.5. The van der Waals surface area contributed by atoms with E-state index < -0.39 is 0 Å². The lowest BCUT2D eigenvalue weighted by molar-refractivity contribution is 0.895. The van der Waals surface area contributed by atoms with Crippen molar-refractivity contribution in [3.63, 3.8) is 0 Å². The van der Waals surface area contributed by atoms with Crippen molar-refractivity contribution in [1.29, 1.82) is 0 Å². The van der Waals surface area contributed by atoms with Crippen LogP contribution in [-0.2, 0) is 0 Å². The van der Waals surface area contributed by atoms with Gasteiger partial charge in [-0.3, -0.25) is 0 Å². The van der Waals surface area contributed by atoms with Gasteiger partial charge in [0.15, 0.2) is 0 Å². The Bertz CT molecular complexity index is 21.5. The van der Waals surface area contributed by atoms with Crippen molar-refractivity contribution in [3.05, 3.63) is 0 Å². The summed E-state index contributed by atoms with van der Waals surface area (Å²) in [7, 11) is 0. The Balaban J connectivity index is 0. The minimum absolute atomic E-state index is 0. The smallest absolute Gasteiger partial charge is 0.0305 e. The highest BCUT2D eigenvalue weighted by Crippen LogP contribution is 1.95. The monoisotopic (exact) mass is 109 g/mol. The molecule has 0 saturated carbocycles. The molecule has 0 spiro atoms. The fourth-order valence-corrected chi connectivity index (χ4v) is 0. The van der Waals surface area contributed by atoms with Crippen LogP contribution in [0.2, 0.25) is 0 Å². The molecule has 1 unspecified atom stereocenters. The molecule has 0 aliphatic heterocycles. The Kier molecular flexibility index (Phi) is 8.35. The van der Waals surface area contributed by atoms with Crippen LogP contribution in [0.1, 0.15) is 20.3 Å². The van der Waals surface area contributed by atoms with Crippen LogP contribution < -0.4 is 6.15 Å². The first-order valence-corrected chi connectivity index (χ1v) is 2.35. The number of hydrogen-bond donors (Lipinski definition) is 1. The number of hydrogen-bond acceptors (Lipinski definition) is 1. The maximum Gasteiger partial charge on any atom is 0.0305 e. The fourth-order valence-electron chi connectivity index (χ4n) is 0. The predicted molar refractivity (Wildman–Crippen MR) is 30.6 cm³/mol. The Morgan fingerprint density at radius 1 is 1.67 bits per heavy atom. The van der Waals surface area contributed by atoms with Gasteiger partial charge in [0.1, 0.15) is 0 Å². The topological polar surface area (TPSA) is 35.0 Å². The van der Waals surface area contributed by atoms with E-state index in [-0.39, 0.29) is 6.15 Å². The number of rotatable bonds is 1. The summed E-state index contributed by atoms with van der Waals surface area (Å²) in [4.78, 5) is 0. The lowest BCUT2D eigenvalue weighted by Gasteiger charge is -1.87. The van der Waals surface area contributed by atoms with Gasteiger partial charge in [0.2, 0.25) is 0 Å². The number of halogens is 1. The van der Waals surface area contributed by atoms with Gasteiger partial charge in [-0.1, -0.05) is 6.92 Å². The molecule has 1 nitrogen and oxygen atoms in total. The summed E-state index contributed by atoms with van der Waals surface area (Å²) in [5, 5.41) is 0.356. The molecule has 0 aliphatic carbocycles. The molecule has 6 heavy (non-hydrogen) atoms. The molecular weight excluding hydrogens is 97.5 g/mol. The van der Waals surface area contributed by atoms with Crippen molar-refractivity contribution in [2.45, 2.75) is 25.6 Å². The highest BCUT2D eigenvalue weighted by Gasteiger charge is 1.83. The van der Waals surface area contributed by atoms with E-state index in [4.69, 9.17) is 11.6 Å². The molecule has 0 aromatic rings. The molecule has 0 bridgehead atoms. The summed E-state index contributed by atoms with van der Waals surface area (Å²) in [6.45, 7) is 4.05. The van der Waals surface area contributed by atoms with E-state index >= 15 is 0 Å². The summed E-state index contributed by atoms with van der Waals surface area (Å²) in [5.74, 6) is 0. The molecule has 0 heterocycles. The van der Waals surface area contributed by atoms with Crippen molar-refractivity contribution >= 4 is 11.6 Å². The zero-order valence-electron chi connectivity index (χ0n) is 4.37. The van der Waals surface area contributed by atoms with Crippen molar-refractivity contribution in [1.82, 2.24) is 6.15 Å². The van der Waals surface area contributed by atoms with Gasteiger partial charge in [0.05, 0.1) is 0 Å². The van der Waals surface area contributed by atoms with E-state index in [1.165, 1.54) is 0 Å². The van der Waals surface area contributed by atoms with Crippen molar-refractivity contribution in [3.8, 4) is 0 Å². The summed E-state index contributed by atoms with van der Waals surface area (Å²) in [6.07, 6.45) is 1.07. The Morgan fingerprint density at radius 3 is 1.83 bits per heavy atom. The molecule has 0 aromatic carbocycles. The zero-order valence-corrected chi connectivity index (χ0v) is 5.13. The minimum atomic E-state index is 0. The largest absolute Gasteiger partial charge is 0.344 e. The molecule has 0 radical (unpaired) electrons. The average Bonchev–Trinajstić information content (AvgIpc) is 1.38. The Hall–Kier alpha value is 0.250. The third-order valence-corrected chi connectivity index (χ3v) is 0.871. The minimum Gasteiger partial charge on any atom is -0.344 e. The van der Waals surface area contributed by atoms with Gasteiger partial charge in [0.25, 0.3) is 0 Å². The average molecular weight is 110 g/mol. The van der Waals surface area contributed by atoms with Gasteiger partial charge in [-0.2, -0.15) is 0 Å². The molecule has 1 atom stereocenters. The second-order valence-corrected chi connectivity index (χ2v) is 1.93. The standard InChI is InChI=1S/C4H9Cl.H3N/c1-3-4(2)5;/h4H,3H2,1-2H3;1H3. The van der Waals surface area contributed by atoms with E-state index in [0.29, 0.717) is 5.38 Å². The van der Waals surface area contributed by atoms with E-state index in [1.54, 1.807) is 0 Å². The van der Waals surface area contributed by atoms with Gasteiger partial charge in [-0.05, 0) is 13.3 Å². The molecule has 0 rings (SSSR count). The molecular formula is C4H12ClN. The van der Waals surface area contributed by atoms with Crippen LogP contribution in [0.15, 0.2) is 0 Å². The molecule has 40 valence electrons. The first-order chi connectivity index (χ1) is 2.27. The Morgan fingerprint density at radius 2 is 1.83 bits per heavy atom. The third-order valence-electron chi connectivity index (χ3n) is 0.563. The summed E-state index contributed by atoms with van der Waals surface area (Å²) >= 11 is 5.46. The van der Waals surface area contributed by atoms with Gasteiger partial charge >= 0.3 is 0 Å². The van der Waals surface area contributed by atoms with E-state index in [9.17, 15) is 0 Å². The van der Waals surface area contributed by atoms with Crippen molar-refractivity contribution < 1.29 is 0 Å². The third kappa shape index (κ3) is 8.87. The van der Waals surface area contributed by atoms with E-state index in [0.717, 1.165) is 6.42 Å². The maximum absolute atomic E-state index is 5.46. The predicted octanol–water partition coefficient (Wildman–Crippen LogP) is 2.19. The quantitative estimate of drug-likeness (QED) is 0.515. The first kappa shape index (κ1) is 9.54. The fraction of sp³-hybridized carbons (Fsp3) is 1.00. The summed E-state index contributed by atoms with van der Waals surface area (Å²) in [6, 6.07) is 0. The van der Waals surface area contributed by atoms with Crippen LogP contribution in [-0.4, -0.2) is 5.38 Å². The molecule has 0 aromatic heterocycles. The molecule has 3 N–H and O–H groups in total. The van der Waals surface area contributed by atoms with Crippen LogP contribution in [0.5, 0.6) is 0 Å². The second-order valence-electron chi connectivity index (χ2n) is 1.19. The molecule has 2 heteroatoms. The zero-order chi connectivity index (χ0) is 4.28. The van der Waals surface area contributed by atoms with Crippen molar-refractivity contribution in [2.75, 3.05) is 0 Å². The summed E-state index contributed by atoms with van der Waals surface area (Å²) in [5.41, 5.74) is 0. The van der Waals surface area contributed by atoms with Crippen LogP contribution >= 0.6 is 11.6 Å². The van der Waals surface area contributed by atoms with Crippen molar-refractivity contribution in [2.24, 2.45) is 0 Å². The van der Waals surface area contributed by atoms with Gasteiger partial charge in [-0.25, -0.2) is 0 Å². The van der Waals surface area contributed by atoms with Gasteiger partial charge in [-0.15, -0.1) is 11.6 Å². The van der Waals surface area contributed by atoms with Gasteiger partial charge in [0, 0.05) is 5.38 Å². The second kappa shape index (κ2) is 5.25. The van der Waals surface area contributed by atoms with E-state index in [1.807, 2.05) is 6.92 Å². The van der Waals surface area contributed by atoms with Crippen LogP contribution in [0, 0.1) is 0 Å². The Labute approximate surface area is 44.3 Å². The highest BCUT2D eigenvalue weighted by atomic mass is 35.5. The molecule has 0 amide bonds. The van der Waals surface area contributed by atoms with E-state index in [2.05, 4.69) is 6.92 Å². The molecule has 0 fully saturated rings. The molecule has 0 saturated heterocycles. The van der Waals surface area contributed by atoms with Gasteiger partial charge < -0.3 is 6.15 Å². The van der Waals surface area contributed by atoms with Crippen LogP contribution in [0.3, 0.4) is 0 Å². The first-order valence-electron chi connectivity index (χ1n) is 1.91. The number of alkyl halides is 1. The lowest BCUT2D eigenvalue weighted by Crippen LogP contribution is -1.81. The maximum atomic E-state index is 5.46. The summed E-state index contributed by atoms with van der Waals surface area (Å²) < 4.78 is 0. The van der Waals surface area contributed by atoms with Crippen LogP contribution in [0.25, 0.3) is 0 Å². The van der Waals surface area contributed by atoms with Crippen LogP contribution in [0.4, 0.5) is 0 Å².